The summed E-state index contributed by atoms with van der Waals surface area (Å²) in [4.78, 5) is 29.7. The molecule has 1 aliphatic heterocycles. The molecule has 1 fully saturated rings. The standard InChI is InChI=1S/C17H18N2O4/c20-15-6-5-13(17(21)22)16(14-4-2-10-23-14)19(15)9-7-12-3-1-8-18-11-12/h1-4,8,10-11,13,16H,5-7,9H2,(H,21,22)/t13-,16+/m0/s1. The van der Waals surface area contributed by atoms with Gasteiger partial charge in [0.15, 0.2) is 0 Å². The summed E-state index contributed by atoms with van der Waals surface area (Å²) < 4.78 is 5.41. The number of carbonyl (C=O) groups excluding carboxylic acids is 1. The molecule has 3 rings (SSSR count). The minimum absolute atomic E-state index is 0.0345. The van der Waals surface area contributed by atoms with Gasteiger partial charge in [-0.15, -0.1) is 0 Å². The summed E-state index contributed by atoms with van der Waals surface area (Å²) in [6.45, 7) is 0.444. The van der Waals surface area contributed by atoms with Crippen LogP contribution in [0.25, 0.3) is 0 Å². The molecule has 1 aliphatic rings. The van der Waals surface area contributed by atoms with E-state index in [0.29, 0.717) is 25.1 Å². The van der Waals surface area contributed by atoms with Gasteiger partial charge in [0.25, 0.3) is 0 Å². The van der Waals surface area contributed by atoms with E-state index < -0.39 is 17.9 Å². The van der Waals surface area contributed by atoms with Gasteiger partial charge in [-0.25, -0.2) is 0 Å². The first-order chi connectivity index (χ1) is 11.2. The fourth-order valence-corrected chi connectivity index (χ4v) is 3.08. The zero-order chi connectivity index (χ0) is 16.2. The van der Waals surface area contributed by atoms with E-state index in [0.717, 1.165) is 5.56 Å². The number of furan rings is 1. The van der Waals surface area contributed by atoms with E-state index >= 15 is 0 Å². The molecule has 0 aromatic carbocycles. The average molecular weight is 314 g/mol. The van der Waals surface area contributed by atoms with Crippen LogP contribution in [0.5, 0.6) is 0 Å². The number of rotatable bonds is 5. The molecule has 1 amide bonds. The predicted octanol–water partition coefficient (Wildman–Crippen LogP) is 2.28. The maximum absolute atomic E-state index is 12.4. The lowest BCUT2D eigenvalue weighted by Gasteiger charge is -2.38. The van der Waals surface area contributed by atoms with E-state index in [9.17, 15) is 14.7 Å². The maximum Gasteiger partial charge on any atom is 0.309 e. The number of aliphatic carboxylic acids is 1. The van der Waals surface area contributed by atoms with E-state index in [1.807, 2.05) is 12.1 Å². The normalized spacial score (nSPS) is 21.4. The Morgan fingerprint density at radius 1 is 1.39 bits per heavy atom. The second-order valence-corrected chi connectivity index (χ2v) is 5.64. The van der Waals surface area contributed by atoms with Gasteiger partial charge in [-0.05, 0) is 36.6 Å². The van der Waals surface area contributed by atoms with Crippen molar-refractivity contribution in [3.63, 3.8) is 0 Å². The number of carboxylic acid groups (broad SMARTS) is 1. The number of amides is 1. The molecule has 0 spiro atoms. The van der Waals surface area contributed by atoms with Crippen LogP contribution in [0.4, 0.5) is 0 Å². The first-order valence-electron chi connectivity index (χ1n) is 7.61. The molecule has 0 bridgehead atoms. The smallest absolute Gasteiger partial charge is 0.309 e. The molecule has 120 valence electrons. The Morgan fingerprint density at radius 2 is 2.26 bits per heavy atom. The van der Waals surface area contributed by atoms with E-state index in [1.54, 1.807) is 29.4 Å². The van der Waals surface area contributed by atoms with E-state index in [1.165, 1.54) is 6.26 Å². The van der Waals surface area contributed by atoms with Gasteiger partial charge in [0.2, 0.25) is 5.91 Å². The highest BCUT2D eigenvalue weighted by molar-refractivity contribution is 5.81. The molecule has 6 heteroatoms. The summed E-state index contributed by atoms with van der Waals surface area (Å²) in [5.41, 5.74) is 1.01. The third kappa shape index (κ3) is 3.26. The Morgan fingerprint density at radius 3 is 2.91 bits per heavy atom. The van der Waals surface area contributed by atoms with Crippen molar-refractivity contribution in [2.75, 3.05) is 6.54 Å². The molecule has 23 heavy (non-hydrogen) atoms. The predicted molar refractivity (Wildman–Crippen MR) is 81.5 cm³/mol. The number of nitrogens with zero attached hydrogens (tertiary/aromatic N) is 2. The van der Waals surface area contributed by atoms with Crippen molar-refractivity contribution >= 4 is 11.9 Å². The molecule has 2 atom stereocenters. The van der Waals surface area contributed by atoms with Gasteiger partial charge in [0.05, 0.1) is 12.2 Å². The van der Waals surface area contributed by atoms with E-state index in [2.05, 4.69) is 4.98 Å². The Hall–Kier alpha value is -2.63. The van der Waals surface area contributed by atoms with Crippen molar-refractivity contribution in [1.29, 1.82) is 0 Å². The van der Waals surface area contributed by atoms with Gasteiger partial charge < -0.3 is 14.4 Å². The fourth-order valence-electron chi connectivity index (χ4n) is 3.08. The van der Waals surface area contributed by atoms with Crippen LogP contribution in [-0.4, -0.2) is 33.4 Å². The van der Waals surface area contributed by atoms with Crippen LogP contribution in [0.3, 0.4) is 0 Å². The molecule has 2 aromatic heterocycles. The quantitative estimate of drug-likeness (QED) is 0.915. The van der Waals surface area contributed by atoms with Gasteiger partial charge >= 0.3 is 5.97 Å². The van der Waals surface area contributed by atoms with Crippen LogP contribution in [-0.2, 0) is 16.0 Å². The minimum Gasteiger partial charge on any atom is -0.481 e. The van der Waals surface area contributed by atoms with Crippen molar-refractivity contribution in [3.05, 3.63) is 54.2 Å². The molecule has 3 heterocycles. The van der Waals surface area contributed by atoms with E-state index in [-0.39, 0.29) is 12.3 Å². The summed E-state index contributed by atoms with van der Waals surface area (Å²) in [7, 11) is 0. The molecule has 0 unspecified atom stereocenters. The van der Waals surface area contributed by atoms with Crippen molar-refractivity contribution < 1.29 is 19.1 Å². The van der Waals surface area contributed by atoms with Crippen molar-refractivity contribution in [3.8, 4) is 0 Å². The summed E-state index contributed by atoms with van der Waals surface area (Å²) in [5.74, 6) is -1.05. The largest absolute Gasteiger partial charge is 0.481 e. The SMILES string of the molecule is O=C(O)[C@H]1CCC(=O)N(CCc2cccnc2)[C@H]1c1ccco1. The molecular weight excluding hydrogens is 296 g/mol. The second kappa shape index (κ2) is 6.64. The Kier molecular flexibility index (Phi) is 4.41. The average Bonchev–Trinajstić information content (AvgIpc) is 3.08. The van der Waals surface area contributed by atoms with Crippen LogP contribution in [0.2, 0.25) is 0 Å². The molecular formula is C17H18N2O4. The zero-order valence-electron chi connectivity index (χ0n) is 12.6. The molecule has 1 saturated heterocycles. The summed E-state index contributed by atoms with van der Waals surface area (Å²) in [6, 6.07) is 6.68. The highest BCUT2D eigenvalue weighted by Crippen LogP contribution is 2.37. The molecule has 6 nitrogen and oxygen atoms in total. The van der Waals surface area contributed by atoms with Gasteiger partial charge in [0.1, 0.15) is 11.8 Å². The van der Waals surface area contributed by atoms with Gasteiger partial charge in [-0.3, -0.25) is 14.6 Å². The summed E-state index contributed by atoms with van der Waals surface area (Å²) >= 11 is 0. The van der Waals surface area contributed by atoms with Crippen LogP contribution in [0.15, 0.2) is 47.3 Å². The Balaban J connectivity index is 1.84. The number of carboxylic acids is 1. The minimum atomic E-state index is -0.898. The van der Waals surface area contributed by atoms with Gasteiger partial charge in [0, 0.05) is 25.4 Å². The third-order valence-electron chi connectivity index (χ3n) is 4.22. The lowest BCUT2D eigenvalue weighted by molar-refractivity contribution is -0.152. The highest BCUT2D eigenvalue weighted by Gasteiger charge is 2.41. The molecule has 0 saturated carbocycles. The molecule has 0 radical (unpaired) electrons. The van der Waals surface area contributed by atoms with Crippen LogP contribution in [0, 0.1) is 5.92 Å². The first kappa shape index (κ1) is 15.3. The number of pyridine rings is 1. The number of hydrogen-bond acceptors (Lipinski definition) is 4. The first-order valence-corrected chi connectivity index (χ1v) is 7.61. The van der Waals surface area contributed by atoms with Gasteiger partial charge in [-0.2, -0.15) is 0 Å². The van der Waals surface area contributed by atoms with Crippen LogP contribution >= 0.6 is 0 Å². The maximum atomic E-state index is 12.4. The Bertz CT molecular complexity index is 669. The molecule has 1 N–H and O–H groups in total. The monoisotopic (exact) mass is 314 g/mol. The van der Waals surface area contributed by atoms with Crippen LogP contribution < -0.4 is 0 Å². The number of carbonyl (C=O) groups is 2. The topological polar surface area (TPSA) is 83.6 Å². The zero-order valence-corrected chi connectivity index (χ0v) is 12.6. The van der Waals surface area contributed by atoms with Crippen LogP contribution in [0.1, 0.15) is 30.2 Å². The third-order valence-corrected chi connectivity index (χ3v) is 4.22. The highest BCUT2D eigenvalue weighted by atomic mass is 16.4. The summed E-state index contributed by atoms with van der Waals surface area (Å²) in [6.07, 6.45) is 6.17. The fraction of sp³-hybridized carbons (Fsp3) is 0.353. The number of aromatic nitrogens is 1. The van der Waals surface area contributed by atoms with Crippen molar-refractivity contribution in [2.24, 2.45) is 5.92 Å². The lowest BCUT2D eigenvalue weighted by atomic mass is 9.87. The van der Waals surface area contributed by atoms with Crippen molar-refractivity contribution in [2.45, 2.75) is 25.3 Å². The van der Waals surface area contributed by atoms with Gasteiger partial charge in [-0.1, -0.05) is 6.07 Å². The van der Waals surface area contributed by atoms with E-state index in [4.69, 9.17) is 4.42 Å². The lowest BCUT2D eigenvalue weighted by Crippen LogP contribution is -2.46. The molecule has 2 aromatic rings. The molecule has 0 aliphatic carbocycles. The summed E-state index contributed by atoms with van der Waals surface area (Å²) in [5, 5.41) is 9.51. The Labute approximate surface area is 133 Å². The number of hydrogen-bond donors (Lipinski definition) is 1. The number of piperidine rings is 1. The van der Waals surface area contributed by atoms with Crippen molar-refractivity contribution in [1.82, 2.24) is 9.88 Å². The second-order valence-electron chi connectivity index (χ2n) is 5.64. The number of likely N-dealkylation sites (tertiary alicyclic amines) is 1.